The molecule has 0 heterocycles. The first-order valence-electron chi connectivity index (χ1n) is 9.06. The molecule has 5 heteroatoms. The number of carbonyl (C=O) groups excluding carboxylic acids is 2. The van der Waals surface area contributed by atoms with E-state index >= 15 is 0 Å². The van der Waals surface area contributed by atoms with Crippen molar-refractivity contribution in [3.63, 3.8) is 0 Å². The highest BCUT2D eigenvalue weighted by Crippen LogP contribution is 2.07. The Morgan fingerprint density at radius 1 is 0.769 bits per heavy atom. The lowest BCUT2D eigenvalue weighted by molar-refractivity contribution is 0.0927. The summed E-state index contributed by atoms with van der Waals surface area (Å²) >= 11 is 0. The fraction of sp³-hybridized carbons (Fsp3) is 0.333. The predicted octanol–water partition coefficient (Wildman–Crippen LogP) is 2.69. The van der Waals surface area contributed by atoms with Crippen LogP contribution in [0.1, 0.15) is 40.1 Å². The van der Waals surface area contributed by atoms with E-state index in [1.165, 1.54) is 5.56 Å². The number of hydrogen-bond acceptors (Lipinski definition) is 3. The van der Waals surface area contributed by atoms with E-state index in [0.717, 1.165) is 19.6 Å². The smallest absolute Gasteiger partial charge is 0.251 e. The van der Waals surface area contributed by atoms with Crippen LogP contribution in [0.2, 0.25) is 0 Å². The van der Waals surface area contributed by atoms with Gasteiger partial charge in [0.1, 0.15) is 0 Å². The fourth-order valence-electron chi connectivity index (χ4n) is 2.61. The highest BCUT2D eigenvalue weighted by Gasteiger charge is 2.07. The lowest BCUT2D eigenvalue weighted by Crippen LogP contribution is -2.34. The Hall–Kier alpha value is -2.66. The van der Waals surface area contributed by atoms with E-state index in [4.69, 9.17) is 0 Å². The van der Waals surface area contributed by atoms with Crippen LogP contribution in [0, 0.1) is 0 Å². The van der Waals surface area contributed by atoms with Crippen molar-refractivity contribution in [3.8, 4) is 0 Å². The van der Waals surface area contributed by atoms with Crippen LogP contribution >= 0.6 is 0 Å². The Bertz CT molecular complexity index is 695. The van der Waals surface area contributed by atoms with E-state index in [0.29, 0.717) is 24.2 Å². The van der Waals surface area contributed by atoms with Gasteiger partial charge in [-0.3, -0.25) is 14.5 Å². The zero-order valence-corrected chi connectivity index (χ0v) is 15.5. The van der Waals surface area contributed by atoms with Gasteiger partial charge < -0.3 is 10.6 Å². The van der Waals surface area contributed by atoms with E-state index in [9.17, 15) is 9.59 Å². The van der Waals surface area contributed by atoms with Gasteiger partial charge in [0.15, 0.2) is 0 Å². The molecule has 0 unspecified atom stereocenters. The largest absolute Gasteiger partial charge is 0.350 e. The standard InChI is InChI=1S/C21H27N3O2/c1-3-24(4-2)16-17-10-12-19(13-11-17)21(26)23-15-14-22-20(25)18-8-6-5-7-9-18/h5-13H,3-4,14-16H2,1-2H3,(H,22,25)(H,23,26). The van der Waals surface area contributed by atoms with Gasteiger partial charge in [-0.1, -0.05) is 44.2 Å². The fourth-order valence-corrected chi connectivity index (χ4v) is 2.61. The molecular weight excluding hydrogens is 326 g/mol. The number of carbonyl (C=O) groups is 2. The second kappa shape index (κ2) is 10.4. The molecule has 0 saturated heterocycles. The minimum absolute atomic E-state index is 0.131. The van der Waals surface area contributed by atoms with Crippen LogP contribution in [-0.4, -0.2) is 42.9 Å². The lowest BCUT2D eigenvalue weighted by Gasteiger charge is -2.18. The van der Waals surface area contributed by atoms with Gasteiger partial charge in [-0.15, -0.1) is 0 Å². The second-order valence-electron chi connectivity index (χ2n) is 6.04. The number of benzene rings is 2. The third-order valence-electron chi connectivity index (χ3n) is 4.25. The molecule has 0 aliphatic carbocycles. The summed E-state index contributed by atoms with van der Waals surface area (Å²) in [4.78, 5) is 26.4. The molecule has 2 rings (SSSR count). The molecule has 2 N–H and O–H groups in total. The molecule has 2 aromatic carbocycles. The van der Waals surface area contributed by atoms with E-state index in [1.54, 1.807) is 12.1 Å². The monoisotopic (exact) mass is 353 g/mol. The van der Waals surface area contributed by atoms with Crippen LogP contribution in [0.4, 0.5) is 0 Å². The molecule has 0 aliphatic rings. The van der Waals surface area contributed by atoms with Crippen molar-refractivity contribution in [1.82, 2.24) is 15.5 Å². The molecule has 0 bridgehead atoms. The average molecular weight is 353 g/mol. The highest BCUT2D eigenvalue weighted by atomic mass is 16.2. The van der Waals surface area contributed by atoms with Crippen molar-refractivity contribution in [3.05, 3.63) is 71.3 Å². The summed E-state index contributed by atoms with van der Waals surface area (Å²) in [5.74, 6) is -0.269. The molecule has 0 atom stereocenters. The van der Waals surface area contributed by atoms with Crippen LogP contribution < -0.4 is 10.6 Å². The second-order valence-corrected chi connectivity index (χ2v) is 6.04. The minimum Gasteiger partial charge on any atom is -0.350 e. The van der Waals surface area contributed by atoms with Gasteiger partial charge in [0.2, 0.25) is 0 Å². The number of nitrogens with zero attached hydrogens (tertiary/aromatic N) is 1. The first kappa shape index (κ1) is 19.7. The maximum absolute atomic E-state index is 12.2. The van der Waals surface area contributed by atoms with Gasteiger partial charge in [-0.2, -0.15) is 0 Å². The Labute approximate surface area is 155 Å². The van der Waals surface area contributed by atoms with Crippen molar-refractivity contribution in [1.29, 1.82) is 0 Å². The van der Waals surface area contributed by atoms with Crippen LogP contribution in [0.15, 0.2) is 54.6 Å². The number of nitrogens with one attached hydrogen (secondary N) is 2. The molecule has 0 aromatic heterocycles. The molecule has 2 aromatic rings. The summed E-state index contributed by atoms with van der Waals surface area (Å²) in [5, 5.41) is 5.61. The summed E-state index contributed by atoms with van der Waals surface area (Å²) in [6.07, 6.45) is 0. The van der Waals surface area contributed by atoms with Crippen LogP contribution in [0.5, 0.6) is 0 Å². The van der Waals surface area contributed by atoms with Crippen molar-refractivity contribution in [2.45, 2.75) is 20.4 Å². The molecule has 26 heavy (non-hydrogen) atoms. The van der Waals surface area contributed by atoms with Gasteiger partial charge in [0, 0.05) is 30.8 Å². The molecule has 0 spiro atoms. The van der Waals surface area contributed by atoms with Crippen molar-refractivity contribution in [2.24, 2.45) is 0 Å². The van der Waals surface area contributed by atoms with Crippen molar-refractivity contribution in [2.75, 3.05) is 26.2 Å². The normalized spacial score (nSPS) is 10.6. The van der Waals surface area contributed by atoms with E-state index in [1.807, 2.05) is 42.5 Å². The van der Waals surface area contributed by atoms with Gasteiger partial charge in [-0.05, 0) is 42.9 Å². The Balaban J connectivity index is 1.75. The zero-order valence-electron chi connectivity index (χ0n) is 15.5. The average Bonchev–Trinajstić information content (AvgIpc) is 2.70. The van der Waals surface area contributed by atoms with E-state index in [-0.39, 0.29) is 11.8 Å². The maximum Gasteiger partial charge on any atom is 0.251 e. The molecular formula is C21H27N3O2. The summed E-state index contributed by atoms with van der Waals surface area (Å²) in [6.45, 7) is 7.96. The van der Waals surface area contributed by atoms with Gasteiger partial charge in [0.25, 0.3) is 11.8 Å². The highest BCUT2D eigenvalue weighted by molar-refractivity contribution is 5.95. The summed E-state index contributed by atoms with van der Waals surface area (Å²) in [5.41, 5.74) is 2.44. The quantitative estimate of drug-likeness (QED) is 0.682. The molecule has 138 valence electrons. The van der Waals surface area contributed by atoms with E-state index in [2.05, 4.69) is 29.4 Å². The zero-order chi connectivity index (χ0) is 18.8. The number of hydrogen-bond donors (Lipinski definition) is 2. The van der Waals surface area contributed by atoms with E-state index < -0.39 is 0 Å². The third-order valence-corrected chi connectivity index (χ3v) is 4.25. The Morgan fingerprint density at radius 2 is 1.27 bits per heavy atom. The molecule has 0 saturated carbocycles. The Kier molecular flexibility index (Phi) is 7.83. The summed E-state index contributed by atoms with van der Waals surface area (Å²) in [6, 6.07) is 16.7. The number of rotatable bonds is 9. The first-order valence-corrected chi connectivity index (χ1v) is 9.06. The number of amides is 2. The molecule has 0 fully saturated rings. The van der Waals surface area contributed by atoms with Gasteiger partial charge >= 0.3 is 0 Å². The molecule has 0 aliphatic heterocycles. The first-order chi connectivity index (χ1) is 12.6. The van der Waals surface area contributed by atoms with Crippen molar-refractivity contribution >= 4 is 11.8 Å². The van der Waals surface area contributed by atoms with Crippen LogP contribution in [0.3, 0.4) is 0 Å². The minimum atomic E-state index is -0.138. The molecule has 2 amide bonds. The van der Waals surface area contributed by atoms with Gasteiger partial charge in [0.05, 0.1) is 0 Å². The van der Waals surface area contributed by atoms with Crippen LogP contribution in [0.25, 0.3) is 0 Å². The van der Waals surface area contributed by atoms with Crippen molar-refractivity contribution < 1.29 is 9.59 Å². The SMILES string of the molecule is CCN(CC)Cc1ccc(C(=O)NCCNC(=O)c2ccccc2)cc1. The predicted molar refractivity (Wildman–Crippen MR) is 104 cm³/mol. The Morgan fingerprint density at radius 3 is 1.77 bits per heavy atom. The van der Waals surface area contributed by atoms with Gasteiger partial charge in [-0.25, -0.2) is 0 Å². The maximum atomic E-state index is 12.2. The van der Waals surface area contributed by atoms with Crippen LogP contribution in [-0.2, 0) is 6.54 Å². The summed E-state index contributed by atoms with van der Waals surface area (Å²) in [7, 11) is 0. The molecule has 0 radical (unpaired) electrons. The lowest BCUT2D eigenvalue weighted by atomic mass is 10.1. The summed E-state index contributed by atoms with van der Waals surface area (Å²) < 4.78 is 0. The third kappa shape index (κ3) is 6.01. The molecule has 5 nitrogen and oxygen atoms in total. The topological polar surface area (TPSA) is 61.4 Å².